The Morgan fingerprint density at radius 3 is 2.22 bits per heavy atom. The number of Topliss-reactive ketones (excluding diaryl/α,β-unsaturated/α-hetero) is 1. The number of hydrogen-bond donors (Lipinski definition) is 3. The number of hydrogen-bond acceptors (Lipinski definition) is 7. The van der Waals surface area contributed by atoms with E-state index in [1.165, 1.54) is 0 Å². The van der Waals surface area contributed by atoms with E-state index in [2.05, 4.69) is 10.3 Å². The number of nitrogens with one attached hydrogen (secondary N) is 2. The Morgan fingerprint density at radius 1 is 0.911 bits per heavy atom. The molecule has 0 aliphatic rings. The first kappa shape index (κ1) is 35.0. The van der Waals surface area contributed by atoms with Crippen LogP contribution >= 0.6 is 0 Å². The van der Waals surface area contributed by atoms with Gasteiger partial charge in [0, 0.05) is 29.9 Å². The molecule has 3 atom stereocenters. The molecule has 3 rings (SSSR count). The molecular formula is C35H44N2O8. The third kappa shape index (κ3) is 11.2. The van der Waals surface area contributed by atoms with Crippen LogP contribution in [0.4, 0.5) is 0 Å². The standard InChI is InChI=1S/C35H44N2O8/c1-22(2)27(34(42)43)19-30(38)29(15-16-31(39)45-35(3,4)5)37-33(41)24(17-25-20-36-28-14-10-9-13-26(25)28)18-32(40)44-21-23-11-7-6-8-12-23/h6-14,20,22,24,27,29,36H,15-19,21H2,1-5H3,(H,37,41)(H,42,43)/t24-,27+,29+/m1/s1. The molecule has 10 nitrogen and oxygen atoms in total. The highest BCUT2D eigenvalue weighted by molar-refractivity contribution is 5.93. The van der Waals surface area contributed by atoms with E-state index in [4.69, 9.17) is 9.47 Å². The number of aromatic nitrogens is 1. The summed E-state index contributed by atoms with van der Waals surface area (Å²) >= 11 is 0. The summed E-state index contributed by atoms with van der Waals surface area (Å²) < 4.78 is 10.9. The van der Waals surface area contributed by atoms with Crippen LogP contribution in [0.3, 0.4) is 0 Å². The van der Waals surface area contributed by atoms with Crippen LogP contribution in [0.1, 0.15) is 71.4 Å². The SMILES string of the molecule is CC(C)[C@H](CC(=O)[C@H](CCC(=O)OC(C)(C)C)NC(=O)[C@@H](CC(=O)OCc1ccccc1)Cc1c[nH]c2ccccc12)C(=O)O. The molecule has 0 unspecified atom stereocenters. The van der Waals surface area contributed by atoms with Crippen molar-refractivity contribution in [3.05, 3.63) is 71.9 Å². The molecule has 45 heavy (non-hydrogen) atoms. The van der Waals surface area contributed by atoms with Gasteiger partial charge in [0.25, 0.3) is 0 Å². The van der Waals surface area contributed by atoms with Crippen LogP contribution in [-0.2, 0) is 46.5 Å². The van der Waals surface area contributed by atoms with Gasteiger partial charge in [0.1, 0.15) is 12.2 Å². The van der Waals surface area contributed by atoms with E-state index in [1.54, 1.807) is 40.8 Å². The van der Waals surface area contributed by atoms with Crippen LogP contribution in [-0.4, -0.2) is 51.3 Å². The van der Waals surface area contributed by atoms with E-state index in [9.17, 15) is 29.1 Å². The minimum Gasteiger partial charge on any atom is -0.481 e. The molecule has 0 aliphatic carbocycles. The number of ketones is 1. The molecule has 0 saturated heterocycles. The molecule has 0 bridgehead atoms. The minimum absolute atomic E-state index is 0.0455. The van der Waals surface area contributed by atoms with E-state index >= 15 is 0 Å². The monoisotopic (exact) mass is 620 g/mol. The largest absolute Gasteiger partial charge is 0.481 e. The molecule has 0 saturated carbocycles. The molecule has 0 fully saturated rings. The fraction of sp³-hybridized carbons (Fsp3) is 0.457. The number of ether oxygens (including phenoxy) is 2. The van der Waals surface area contributed by atoms with Crippen LogP contribution < -0.4 is 5.32 Å². The van der Waals surface area contributed by atoms with Gasteiger partial charge in [-0.05, 0) is 56.7 Å². The lowest BCUT2D eigenvalue weighted by Gasteiger charge is -2.24. The maximum Gasteiger partial charge on any atom is 0.307 e. The van der Waals surface area contributed by atoms with Crippen molar-refractivity contribution in [2.45, 2.75) is 85.0 Å². The van der Waals surface area contributed by atoms with Gasteiger partial charge in [0.2, 0.25) is 5.91 Å². The van der Waals surface area contributed by atoms with Gasteiger partial charge >= 0.3 is 17.9 Å². The van der Waals surface area contributed by atoms with Crippen molar-refractivity contribution in [2.75, 3.05) is 0 Å². The fourth-order valence-electron chi connectivity index (χ4n) is 5.05. The van der Waals surface area contributed by atoms with Crippen molar-refractivity contribution >= 4 is 40.5 Å². The van der Waals surface area contributed by atoms with Gasteiger partial charge in [-0.2, -0.15) is 0 Å². The smallest absolute Gasteiger partial charge is 0.307 e. The number of carboxylic acid groups (broad SMARTS) is 1. The Balaban J connectivity index is 1.83. The molecule has 1 heterocycles. The highest BCUT2D eigenvalue weighted by atomic mass is 16.6. The van der Waals surface area contributed by atoms with Crippen molar-refractivity contribution in [2.24, 2.45) is 17.8 Å². The molecule has 10 heteroatoms. The molecule has 0 aliphatic heterocycles. The first-order valence-corrected chi connectivity index (χ1v) is 15.3. The van der Waals surface area contributed by atoms with Crippen molar-refractivity contribution in [1.82, 2.24) is 10.3 Å². The highest BCUT2D eigenvalue weighted by Gasteiger charge is 2.33. The van der Waals surface area contributed by atoms with Gasteiger partial charge in [0.05, 0.1) is 24.3 Å². The number of amides is 1. The van der Waals surface area contributed by atoms with Gasteiger partial charge in [-0.25, -0.2) is 0 Å². The minimum atomic E-state index is -1.16. The summed E-state index contributed by atoms with van der Waals surface area (Å²) in [6, 6.07) is 15.6. The van der Waals surface area contributed by atoms with Crippen LogP contribution in [0.2, 0.25) is 0 Å². The summed E-state index contributed by atoms with van der Waals surface area (Å²) in [5, 5.41) is 13.3. The number of carbonyl (C=O) groups excluding carboxylic acids is 4. The summed E-state index contributed by atoms with van der Waals surface area (Å²) in [7, 11) is 0. The third-order valence-corrected chi connectivity index (χ3v) is 7.47. The summed E-state index contributed by atoms with van der Waals surface area (Å²) in [5.41, 5.74) is 1.74. The number of aliphatic carboxylic acids is 1. The van der Waals surface area contributed by atoms with Crippen LogP contribution in [0.25, 0.3) is 10.9 Å². The molecule has 2 aromatic carbocycles. The zero-order valence-corrected chi connectivity index (χ0v) is 26.6. The van der Waals surface area contributed by atoms with Crippen LogP contribution in [0, 0.1) is 17.8 Å². The molecule has 3 N–H and O–H groups in total. The zero-order chi connectivity index (χ0) is 33.1. The maximum absolute atomic E-state index is 13.8. The normalized spacial score (nSPS) is 13.6. The predicted octanol–water partition coefficient (Wildman–Crippen LogP) is 5.38. The first-order chi connectivity index (χ1) is 21.2. The number of rotatable bonds is 16. The Kier molecular flexibility index (Phi) is 12.5. The lowest BCUT2D eigenvalue weighted by molar-refractivity contribution is -0.155. The summed E-state index contributed by atoms with van der Waals surface area (Å²) in [5.74, 6) is -5.54. The molecule has 3 aromatic rings. The average molecular weight is 621 g/mol. The second-order valence-electron chi connectivity index (χ2n) is 12.7. The molecule has 0 spiro atoms. The number of aromatic amines is 1. The topological polar surface area (TPSA) is 152 Å². The number of fused-ring (bicyclic) bond motifs is 1. The van der Waals surface area contributed by atoms with E-state index in [0.717, 1.165) is 22.0 Å². The van der Waals surface area contributed by atoms with Gasteiger partial charge in [0.15, 0.2) is 5.78 Å². The van der Waals surface area contributed by atoms with Crippen molar-refractivity contribution < 1.29 is 38.6 Å². The third-order valence-electron chi connectivity index (χ3n) is 7.47. The number of carboxylic acids is 1. The average Bonchev–Trinajstić information content (AvgIpc) is 3.38. The van der Waals surface area contributed by atoms with Crippen LogP contribution in [0.15, 0.2) is 60.8 Å². The van der Waals surface area contributed by atoms with Gasteiger partial charge in [-0.1, -0.05) is 62.4 Å². The number of para-hydroxylation sites is 1. The van der Waals surface area contributed by atoms with Gasteiger partial charge < -0.3 is 24.9 Å². The summed E-state index contributed by atoms with van der Waals surface area (Å²) in [6.45, 7) is 8.63. The van der Waals surface area contributed by atoms with Gasteiger partial charge in [-0.3, -0.25) is 24.0 Å². The van der Waals surface area contributed by atoms with E-state index in [1.807, 2.05) is 54.6 Å². The number of carbonyl (C=O) groups is 5. The zero-order valence-electron chi connectivity index (χ0n) is 26.6. The maximum atomic E-state index is 13.8. The lowest BCUT2D eigenvalue weighted by Crippen LogP contribution is -2.46. The Labute approximate surface area is 263 Å². The number of benzene rings is 2. The van der Waals surface area contributed by atoms with Crippen molar-refractivity contribution in [3.63, 3.8) is 0 Å². The Hall–Kier alpha value is -4.47. The molecule has 242 valence electrons. The van der Waals surface area contributed by atoms with E-state index in [0.29, 0.717) is 0 Å². The Morgan fingerprint density at radius 2 is 1.58 bits per heavy atom. The Bertz CT molecular complexity index is 1470. The van der Waals surface area contributed by atoms with E-state index in [-0.39, 0.29) is 44.6 Å². The fourth-order valence-corrected chi connectivity index (χ4v) is 5.05. The first-order valence-electron chi connectivity index (χ1n) is 15.3. The second kappa shape index (κ2) is 16.0. The van der Waals surface area contributed by atoms with E-state index < -0.39 is 53.1 Å². The summed E-state index contributed by atoms with van der Waals surface area (Å²) in [6.07, 6.45) is 1.13. The lowest BCUT2D eigenvalue weighted by atomic mass is 9.87. The molecule has 1 amide bonds. The predicted molar refractivity (Wildman–Crippen MR) is 169 cm³/mol. The molecule has 1 aromatic heterocycles. The quantitative estimate of drug-likeness (QED) is 0.181. The molecular weight excluding hydrogens is 576 g/mol. The number of esters is 2. The van der Waals surface area contributed by atoms with Crippen LogP contribution in [0.5, 0.6) is 0 Å². The number of H-pyrrole nitrogens is 1. The second-order valence-corrected chi connectivity index (χ2v) is 12.7. The summed E-state index contributed by atoms with van der Waals surface area (Å²) in [4.78, 5) is 67.8. The van der Waals surface area contributed by atoms with Crippen molar-refractivity contribution in [1.29, 1.82) is 0 Å². The highest BCUT2D eigenvalue weighted by Crippen LogP contribution is 2.24. The molecule has 0 radical (unpaired) electrons. The van der Waals surface area contributed by atoms with Crippen molar-refractivity contribution in [3.8, 4) is 0 Å². The van der Waals surface area contributed by atoms with Gasteiger partial charge in [-0.15, -0.1) is 0 Å².